The number of hydrogen-bond acceptors (Lipinski definition) is 4. The van der Waals surface area contributed by atoms with E-state index in [9.17, 15) is 9.59 Å². The summed E-state index contributed by atoms with van der Waals surface area (Å²) in [7, 11) is 2.65. The Morgan fingerprint density at radius 3 is 1.78 bits per heavy atom. The first kappa shape index (κ1) is 19.5. The number of rotatable bonds is 3. The summed E-state index contributed by atoms with van der Waals surface area (Å²) < 4.78 is 11.1. The average molecular weight is 451 g/mol. The third-order valence-corrected chi connectivity index (χ3v) is 8.49. The van der Waals surface area contributed by atoms with E-state index in [2.05, 4.69) is 0 Å². The number of alkyl halides is 2. The summed E-state index contributed by atoms with van der Waals surface area (Å²) in [6.07, 6.45) is 0. The number of carbonyl (C=O) groups is 2. The maximum Gasteiger partial charge on any atom is 0.240 e. The number of hydrogen-bond donors (Lipinski definition) is 0. The van der Waals surface area contributed by atoms with E-state index in [1.165, 1.54) is 14.2 Å². The highest BCUT2D eigenvalue weighted by Crippen LogP contribution is 2.75. The summed E-state index contributed by atoms with van der Waals surface area (Å²) in [6, 6.07) is 7.05. The molecule has 1 saturated carbocycles. The molecule has 0 spiro atoms. The predicted molar refractivity (Wildman–Crippen MR) is 103 cm³/mol. The summed E-state index contributed by atoms with van der Waals surface area (Å²) in [5, 5.41) is -0.0860. The molecule has 4 rings (SSSR count). The largest absolute Gasteiger partial charge is 0.350 e. The van der Waals surface area contributed by atoms with E-state index in [1.54, 1.807) is 25.1 Å². The fourth-order valence-electron chi connectivity index (χ4n) is 4.76. The first-order chi connectivity index (χ1) is 12.6. The topological polar surface area (TPSA) is 55.8 Å². The highest BCUT2D eigenvalue weighted by molar-refractivity contribution is 6.54. The second kappa shape index (κ2) is 5.85. The third-order valence-electron chi connectivity index (χ3n) is 5.88. The van der Waals surface area contributed by atoms with Crippen LogP contribution in [0.25, 0.3) is 0 Å². The minimum Gasteiger partial charge on any atom is -0.350 e. The highest BCUT2D eigenvalue weighted by atomic mass is 35.5. The van der Waals surface area contributed by atoms with Crippen molar-refractivity contribution in [1.82, 2.24) is 0 Å². The Labute approximate surface area is 176 Å². The Hall–Kier alpha value is -0.820. The Morgan fingerprint density at radius 2 is 1.37 bits per heavy atom. The lowest BCUT2D eigenvalue weighted by molar-refractivity contribution is -0.221. The highest BCUT2D eigenvalue weighted by Gasteiger charge is 2.89. The quantitative estimate of drug-likeness (QED) is 0.399. The molecule has 144 valence electrons. The summed E-state index contributed by atoms with van der Waals surface area (Å²) in [5.74, 6) is -4.97. The van der Waals surface area contributed by atoms with Crippen molar-refractivity contribution >= 4 is 63.9 Å². The van der Waals surface area contributed by atoms with Gasteiger partial charge in [-0.15, -0.1) is 23.2 Å². The number of imide groups is 1. The van der Waals surface area contributed by atoms with Crippen LogP contribution in [0.1, 0.15) is 5.56 Å². The Morgan fingerprint density at radius 1 is 0.926 bits per heavy atom. The Kier molecular flexibility index (Phi) is 4.22. The molecule has 2 aliphatic carbocycles. The molecule has 0 N–H and O–H groups in total. The van der Waals surface area contributed by atoms with Crippen LogP contribution < -0.4 is 4.90 Å². The van der Waals surface area contributed by atoms with Crippen molar-refractivity contribution in [3.8, 4) is 0 Å². The van der Waals surface area contributed by atoms with Crippen LogP contribution in [-0.2, 0) is 19.1 Å². The molecule has 1 aromatic carbocycles. The third kappa shape index (κ3) is 1.82. The van der Waals surface area contributed by atoms with Gasteiger partial charge in [-0.2, -0.15) is 0 Å². The van der Waals surface area contributed by atoms with E-state index in [1.807, 2.05) is 6.07 Å². The molecule has 4 atom stereocenters. The molecule has 1 aliphatic heterocycles. The van der Waals surface area contributed by atoms with Gasteiger partial charge in [0, 0.05) is 14.2 Å². The maximum absolute atomic E-state index is 13.4. The zero-order valence-electron chi connectivity index (χ0n) is 14.6. The number of methoxy groups -OCH3 is 2. The molecule has 0 aromatic heterocycles. The van der Waals surface area contributed by atoms with Crippen molar-refractivity contribution in [1.29, 1.82) is 0 Å². The standard InChI is InChI=1S/C18H15Cl4NO4/c1-8-6-4-5-7-9(8)23-14(24)10-11(15(23)25)17(22)13(20)12(19)16(10,21)18(17,26-2)27-3/h4-7,10-11H,1-3H3. The normalized spacial score (nSPS) is 36.8. The Bertz CT molecular complexity index is 868. The van der Waals surface area contributed by atoms with E-state index in [4.69, 9.17) is 55.9 Å². The lowest BCUT2D eigenvalue weighted by atomic mass is 9.84. The first-order valence-corrected chi connectivity index (χ1v) is 9.64. The van der Waals surface area contributed by atoms with Gasteiger partial charge in [0.1, 0.15) is 9.75 Å². The predicted octanol–water partition coefficient (Wildman–Crippen LogP) is 3.76. The van der Waals surface area contributed by atoms with Gasteiger partial charge in [0.05, 0.1) is 27.6 Å². The summed E-state index contributed by atoms with van der Waals surface area (Å²) >= 11 is 26.7. The van der Waals surface area contributed by atoms with Gasteiger partial charge in [0.15, 0.2) is 0 Å². The van der Waals surface area contributed by atoms with Crippen LogP contribution in [0.2, 0.25) is 0 Å². The minimum absolute atomic E-state index is 0.0430. The van der Waals surface area contributed by atoms with Gasteiger partial charge in [-0.3, -0.25) is 9.59 Å². The fraction of sp³-hybridized carbons (Fsp3) is 0.444. The van der Waals surface area contributed by atoms with Gasteiger partial charge in [-0.05, 0) is 18.6 Å². The Balaban J connectivity index is 1.96. The molecule has 1 heterocycles. The van der Waals surface area contributed by atoms with Crippen molar-refractivity contribution in [2.24, 2.45) is 11.8 Å². The fourth-order valence-corrected chi connectivity index (χ4v) is 6.92. The van der Waals surface area contributed by atoms with E-state index < -0.39 is 39.2 Å². The van der Waals surface area contributed by atoms with Crippen LogP contribution in [0, 0.1) is 18.8 Å². The van der Waals surface area contributed by atoms with Gasteiger partial charge >= 0.3 is 0 Å². The molecule has 4 unspecified atom stereocenters. The molecule has 2 bridgehead atoms. The molecule has 2 fully saturated rings. The van der Waals surface area contributed by atoms with Gasteiger partial charge in [0.25, 0.3) is 0 Å². The van der Waals surface area contributed by atoms with Crippen molar-refractivity contribution in [2.45, 2.75) is 22.5 Å². The van der Waals surface area contributed by atoms with E-state index in [0.29, 0.717) is 5.69 Å². The van der Waals surface area contributed by atoms with E-state index >= 15 is 0 Å². The molecule has 9 heteroatoms. The number of carbonyl (C=O) groups excluding carboxylic acids is 2. The number of halogens is 4. The number of benzene rings is 1. The maximum atomic E-state index is 13.4. The van der Waals surface area contributed by atoms with Gasteiger partial charge in [-0.25, -0.2) is 4.90 Å². The molecule has 0 radical (unpaired) electrons. The van der Waals surface area contributed by atoms with Crippen LogP contribution >= 0.6 is 46.4 Å². The SMILES string of the molecule is COC1(OC)C2(Cl)C(Cl)=C(Cl)C1(Cl)C1C(=O)N(c3ccccc3C)C(=O)C12. The number of fused-ring (bicyclic) bond motifs is 5. The zero-order chi connectivity index (χ0) is 19.9. The molecular weight excluding hydrogens is 436 g/mol. The van der Waals surface area contributed by atoms with Crippen LogP contribution in [0.15, 0.2) is 34.3 Å². The number of para-hydroxylation sites is 1. The number of anilines is 1. The van der Waals surface area contributed by atoms with Crippen LogP contribution in [0.5, 0.6) is 0 Å². The second-order valence-corrected chi connectivity index (χ2v) is 8.78. The summed E-state index contributed by atoms with van der Waals surface area (Å²) in [6.45, 7) is 1.80. The van der Waals surface area contributed by atoms with Crippen molar-refractivity contribution in [3.05, 3.63) is 39.9 Å². The molecule has 5 nitrogen and oxygen atoms in total. The first-order valence-electron chi connectivity index (χ1n) is 8.13. The monoisotopic (exact) mass is 449 g/mol. The average Bonchev–Trinajstić information content (AvgIpc) is 3.06. The molecular formula is C18H15Cl4NO4. The molecule has 3 aliphatic rings. The van der Waals surface area contributed by atoms with Crippen molar-refractivity contribution in [3.63, 3.8) is 0 Å². The lowest BCUT2D eigenvalue weighted by Gasteiger charge is -2.42. The second-order valence-electron chi connectivity index (χ2n) is 6.83. The zero-order valence-corrected chi connectivity index (χ0v) is 17.6. The number of ether oxygens (including phenoxy) is 2. The van der Waals surface area contributed by atoms with Crippen LogP contribution in [-0.4, -0.2) is 41.6 Å². The van der Waals surface area contributed by atoms with Crippen molar-refractivity contribution < 1.29 is 19.1 Å². The van der Waals surface area contributed by atoms with Crippen LogP contribution in [0.4, 0.5) is 5.69 Å². The molecule has 27 heavy (non-hydrogen) atoms. The lowest BCUT2D eigenvalue weighted by Crippen LogP contribution is -2.60. The van der Waals surface area contributed by atoms with Gasteiger partial charge < -0.3 is 9.47 Å². The van der Waals surface area contributed by atoms with E-state index in [-0.39, 0.29) is 10.1 Å². The van der Waals surface area contributed by atoms with Gasteiger partial charge in [0.2, 0.25) is 17.6 Å². The number of nitrogens with zero attached hydrogens (tertiary/aromatic N) is 1. The molecule has 2 amide bonds. The molecule has 1 saturated heterocycles. The van der Waals surface area contributed by atoms with Crippen molar-refractivity contribution in [2.75, 3.05) is 19.1 Å². The van der Waals surface area contributed by atoms with E-state index in [0.717, 1.165) is 10.5 Å². The summed E-state index contributed by atoms with van der Waals surface area (Å²) in [4.78, 5) is 24.4. The number of amides is 2. The minimum atomic E-state index is -1.77. The summed E-state index contributed by atoms with van der Waals surface area (Å²) in [5.41, 5.74) is 1.23. The van der Waals surface area contributed by atoms with Gasteiger partial charge in [-0.1, -0.05) is 41.4 Å². The van der Waals surface area contributed by atoms with Crippen LogP contribution in [0.3, 0.4) is 0 Å². The number of aryl methyl sites for hydroxylation is 1. The smallest absolute Gasteiger partial charge is 0.240 e. The molecule has 1 aromatic rings.